The Labute approximate surface area is 89.9 Å². The highest BCUT2D eigenvalue weighted by atomic mass is 16.4. The predicted molar refractivity (Wildman–Crippen MR) is 59.6 cm³/mol. The molecule has 3 heteroatoms. The molecule has 0 aromatic heterocycles. The van der Waals surface area contributed by atoms with Crippen molar-refractivity contribution in [3.8, 4) is 0 Å². The van der Waals surface area contributed by atoms with E-state index in [-0.39, 0.29) is 12.5 Å². The molecule has 0 aliphatic heterocycles. The van der Waals surface area contributed by atoms with E-state index >= 15 is 0 Å². The molecule has 0 saturated heterocycles. The van der Waals surface area contributed by atoms with Crippen LogP contribution in [-0.2, 0) is 11.2 Å². The molecule has 0 bridgehead atoms. The molecule has 1 aromatic rings. The molecular formula is C12H17NO2. The number of hydrogen-bond donors (Lipinski definition) is 2. The molecule has 0 radical (unpaired) electrons. The topological polar surface area (TPSA) is 63.3 Å². The molecule has 0 fully saturated rings. The van der Waals surface area contributed by atoms with Crippen LogP contribution in [0.4, 0.5) is 0 Å². The first-order valence-electron chi connectivity index (χ1n) is 5.19. The van der Waals surface area contributed by atoms with Crippen LogP contribution >= 0.6 is 0 Å². The third-order valence-corrected chi connectivity index (χ3v) is 2.46. The van der Waals surface area contributed by atoms with Gasteiger partial charge in [0.2, 0.25) is 0 Å². The molecule has 3 nitrogen and oxygen atoms in total. The predicted octanol–water partition coefficient (Wildman–Crippen LogP) is 2.11. The normalized spacial score (nSPS) is 12.4. The third-order valence-electron chi connectivity index (χ3n) is 2.46. The lowest BCUT2D eigenvalue weighted by molar-refractivity contribution is -0.137. The summed E-state index contributed by atoms with van der Waals surface area (Å²) in [7, 11) is 0. The van der Waals surface area contributed by atoms with Gasteiger partial charge in [0, 0.05) is 12.5 Å². The van der Waals surface area contributed by atoms with E-state index in [4.69, 9.17) is 10.8 Å². The monoisotopic (exact) mass is 207 g/mol. The number of carboxylic acid groups (broad SMARTS) is 1. The Morgan fingerprint density at radius 2 is 2.27 bits per heavy atom. The van der Waals surface area contributed by atoms with Crippen molar-refractivity contribution in [1.82, 2.24) is 0 Å². The lowest BCUT2D eigenvalue weighted by Gasteiger charge is -2.11. The van der Waals surface area contributed by atoms with Gasteiger partial charge in [0.25, 0.3) is 0 Å². The fourth-order valence-electron chi connectivity index (χ4n) is 1.49. The molecule has 0 heterocycles. The number of aryl methyl sites for hydroxylation is 1. The van der Waals surface area contributed by atoms with Crippen LogP contribution in [0.15, 0.2) is 24.3 Å². The lowest BCUT2D eigenvalue weighted by atomic mass is 10.00. The molecule has 15 heavy (non-hydrogen) atoms. The average molecular weight is 207 g/mol. The molecule has 1 rings (SSSR count). The summed E-state index contributed by atoms with van der Waals surface area (Å²) in [6.07, 6.45) is 1.58. The van der Waals surface area contributed by atoms with E-state index in [1.807, 2.05) is 24.3 Å². The van der Waals surface area contributed by atoms with Gasteiger partial charge in [-0.05, 0) is 24.0 Å². The van der Waals surface area contributed by atoms with Crippen LogP contribution in [0, 0.1) is 0 Å². The molecule has 1 atom stereocenters. The highest BCUT2D eigenvalue weighted by Crippen LogP contribution is 2.17. The zero-order valence-electron chi connectivity index (χ0n) is 8.94. The van der Waals surface area contributed by atoms with E-state index in [1.165, 1.54) is 5.56 Å². The van der Waals surface area contributed by atoms with Gasteiger partial charge in [-0.25, -0.2) is 0 Å². The van der Waals surface area contributed by atoms with E-state index in [1.54, 1.807) is 0 Å². The second kappa shape index (κ2) is 5.51. The standard InChI is InChI=1S/C12H17NO2/c1-2-9-4-3-5-10(8-9)11(13)6-7-12(14)15/h3-5,8,11H,2,6-7,13H2,1H3,(H,14,15). The van der Waals surface area contributed by atoms with Crippen molar-refractivity contribution in [2.24, 2.45) is 5.73 Å². The van der Waals surface area contributed by atoms with Crippen LogP contribution in [-0.4, -0.2) is 11.1 Å². The largest absolute Gasteiger partial charge is 0.481 e. The Hall–Kier alpha value is -1.35. The molecule has 1 unspecified atom stereocenters. The summed E-state index contributed by atoms with van der Waals surface area (Å²) in [6, 6.07) is 7.84. The highest BCUT2D eigenvalue weighted by molar-refractivity contribution is 5.66. The second-order valence-corrected chi connectivity index (χ2v) is 3.64. The SMILES string of the molecule is CCc1cccc(C(N)CCC(=O)O)c1. The molecule has 0 aliphatic rings. The maximum atomic E-state index is 10.4. The summed E-state index contributed by atoms with van der Waals surface area (Å²) in [4.78, 5) is 10.4. The summed E-state index contributed by atoms with van der Waals surface area (Å²) in [5.41, 5.74) is 8.16. The number of aliphatic carboxylic acids is 1. The van der Waals surface area contributed by atoms with Gasteiger partial charge in [-0.1, -0.05) is 31.2 Å². The smallest absolute Gasteiger partial charge is 0.303 e. The van der Waals surface area contributed by atoms with Gasteiger partial charge >= 0.3 is 5.97 Å². The van der Waals surface area contributed by atoms with Gasteiger partial charge in [0.05, 0.1) is 0 Å². The number of carbonyl (C=O) groups is 1. The number of rotatable bonds is 5. The van der Waals surface area contributed by atoms with Crippen molar-refractivity contribution in [2.75, 3.05) is 0 Å². The minimum absolute atomic E-state index is 0.123. The highest BCUT2D eigenvalue weighted by Gasteiger charge is 2.08. The number of benzene rings is 1. The van der Waals surface area contributed by atoms with Gasteiger partial charge in [-0.2, -0.15) is 0 Å². The van der Waals surface area contributed by atoms with Gasteiger partial charge in [-0.15, -0.1) is 0 Å². The Morgan fingerprint density at radius 3 is 2.87 bits per heavy atom. The average Bonchev–Trinajstić information content (AvgIpc) is 2.26. The zero-order valence-corrected chi connectivity index (χ0v) is 8.94. The van der Waals surface area contributed by atoms with Crippen LogP contribution in [0.3, 0.4) is 0 Å². The van der Waals surface area contributed by atoms with Gasteiger partial charge in [-0.3, -0.25) is 4.79 Å². The van der Waals surface area contributed by atoms with Crippen LogP contribution in [0.25, 0.3) is 0 Å². The molecule has 82 valence electrons. The van der Waals surface area contributed by atoms with Gasteiger partial charge in [0.1, 0.15) is 0 Å². The minimum Gasteiger partial charge on any atom is -0.481 e. The Bertz CT molecular complexity index is 336. The maximum Gasteiger partial charge on any atom is 0.303 e. The molecule has 1 aromatic carbocycles. The van der Waals surface area contributed by atoms with E-state index in [9.17, 15) is 4.79 Å². The molecule has 3 N–H and O–H groups in total. The number of nitrogens with two attached hydrogens (primary N) is 1. The second-order valence-electron chi connectivity index (χ2n) is 3.64. The van der Waals surface area contributed by atoms with Crippen molar-refractivity contribution in [3.05, 3.63) is 35.4 Å². The van der Waals surface area contributed by atoms with Crippen LogP contribution in [0.5, 0.6) is 0 Å². The first-order valence-corrected chi connectivity index (χ1v) is 5.19. The van der Waals surface area contributed by atoms with Crippen molar-refractivity contribution >= 4 is 5.97 Å². The quantitative estimate of drug-likeness (QED) is 0.777. The lowest BCUT2D eigenvalue weighted by Crippen LogP contribution is -2.12. The van der Waals surface area contributed by atoms with Crippen LogP contribution in [0.1, 0.15) is 36.9 Å². The summed E-state index contributed by atoms with van der Waals surface area (Å²) in [6.45, 7) is 2.09. The summed E-state index contributed by atoms with van der Waals surface area (Å²) < 4.78 is 0. The van der Waals surface area contributed by atoms with Crippen molar-refractivity contribution in [1.29, 1.82) is 0 Å². The first-order chi connectivity index (χ1) is 7.13. The first kappa shape index (κ1) is 11.7. The Morgan fingerprint density at radius 1 is 1.53 bits per heavy atom. The summed E-state index contributed by atoms with van der Waals surface area (Å²) in [5.74, 6) is -0.794. The van der Waals surface area contributed by atoms with E-state index in [0.717, 1.165) is 12.0 Å². The van der Waals surface area contributed by atoms with Crippen LogP contribution < -0.4 is 5.73 Å². The summed E-state index contributed by atoms with van der Waals surface area (Å²) >= 11 is 0. The third kappa shape index (κ3) is 3.72. The number of hydrogen-bond acceptors (Lipinski definition) is 2. The van der Waals surface area contributed by atoms with Crippen molar-refractivity contribution in [3.63, 3.8) is 0 Å². The Kier molecular flexibility index (Phi) is 4.31. The van der Waals surface area contributed by atoms with E-state index in [2.05, 4.69) is 6.92 Å². The molecule has 0 aliphatic carbocycles. The van der Waals surface area contributed by atoms with Crippen molar-refractivity contribution < 1.29 is 9.90 Å². The molecular weight excluding hydrogens is 190 g/mol. The summed E-state index contributed by atoms with van der Waals surface area (Å²) in [5, 5.41) is 8.55. The number of carboxylic acids is 1. The fourth-order valence-corrected chi connectivity index (χ4v) is 1.49. The fraction of sp³-hybridized carbons (Fsp3) is 0.417. The zero-order chi connectivity index (χ0) is 11.3. The maximum absolute atomic E-state index is 10.4. The Balaban J connectivity index is 2.64. The molecule has 0 amide bonds. The minimum atomic E-state index is -0.794. The molecule has 0 spiro atoms. The van der Waals surface area contributed by atoms with Crippen molar-refractivity contribution in [2.45, 2.75) is 32.2 Å². The van der Waals surface area contributed by atoms with Gasteiger partial charge < -0.3 is 10.8 Å². The van der Waals surface area contributed by atoms with E-state index in [0.29, 0.717) is 6.42 Å². The van der Waals surface area contributed by atoms with Gasteiger partial charge in [0.15, 0.2) is 0 Å². The van der Waals surface area contributed by atoms with Crippen LogP contribution in [0.2, 0.25) is 0 Å². The molecule has 0 saturated carbocycles. The van der Waals surface area contributed by atoms with E-state index < -0.39 is 5.97 Å².